The molecule has 0 saturated heterocycles. The highest BCUT2D eigenvalue weighted by molar-refractivity contribution is 6.24. The molecule has 8 heavy (non-hydrogen) atoms. The van der Waals surface area contributed by atoms with Gasteiger partial charge in [-0.05, 0) is 6.42 Å². The van der Waals surface area contributed by atoms with Crippen LogP contribution in [0.4, 0.5) is 13.2 Å². The molecule has 47 valence electrons. The summed E-state index contributed by atoms with van der Waals surface area (Å²) in [4.78, 5) is 0. The smallest absolute Gasteiger partial charge is 0.170 e. The summed E-state index contributed by atoms with van der Waals surface area (Å²) in [6.07, 6.45) is -4.11. The maximum Gasteiger partial charge on any atom is 0.396 e. The fraction of sp³-hybridized carbons (Fsp3) is 0.750. The summed E-state index contributed by atoms with van der Waals surface area (Å²) in [6.45, 7) is 0. The molecule has 0 aromatic heterocycles. The molecule has 0 N–H and O–H groups in total. The van der Waals surface area contributed by atoms with Crippen molar-refractivity contribution >= 4 is 11.6 Å². The Labute approximate surface area is 49.6 Å². The van der Waals surface area contributed by atoms with Crippen molar-refractivity contribution in [2.45, 2.75) is 18.0 Å². The van der Waals surface area contributed by atoms with Gasteiger partial charge in [0.05, 0.1) is 5.92 Å². The molecule has 0 aromatic rings. The zero-order valence-electron chi connectivity index (χ0n) is 3.80. The van der Waals surface area contributed by atoms with E-state index in [4.69, 9.17) is 11.6 Å². The van der Waals surface area contributed by atoms with Gasteiger partial charge in [-0.15, -0.1) is 11.6 Å². The van der Waals surface area contributed by atoms with Crippen molar-refractivity contribution in [2.75, 3.05) is 0 Å². The maximum atomic E-state index is 11.4. The summed E-state index contributed by atoms with van der Waals surface area (Å²) in [5.74, 6) is -0.487. The summed E-state index contributed by atoms with van der Waals surface area (Å²) in [6, 6.07) is 0. The molecular formula is C4H3ClF3. The SMILES string of the molecule is FC(F)(F)[C]1CC1Cl. The van der Waals surface area contributed by atoms with Gasteiger partial charge in [0.1, 0.15) is 0 Å². The van der Waals surface area contributed by atoms with Crippen molar-refractivity contribution in [1.29, 1.82) is 0 Å². The van der Waals surface area contributed by atoms with Gasteiger partial charge in [-0.3, -0.25) is 0 Å². The Bertz CT molecular complexity index is 97.9. The molecule has 0 spiro atoms. The van der Waals surface area contributed by atoms with Crippen molar-refractivity contribution in [3.8, 4) is 0 Å². The van der Waals surface area contributed by atoms with E-state index in [0.29, 0.717) is 0 Å². The van der Waals surface area contributed by atoms with Crippen LogP contribution >= 0.6 is 11.6 Å². The molecule has 1 aliphatic carbocycles. The van der Waals surface area contributed by atoms with Crippen LogP contribution < -0.4 is 0 Å². The fourth-order valence-corrected chi connectivity index (χ4v) is 0.717. The average Bonchev–Trinajstić information content (AvgIpc) is 2.13. The molecule has 1 aliphatic rings. The van der Waals surface area contributed by atoms with Gasteiger partial charge in [0, 0.05) is 5.38 Å². The van der Waals surface area contributed by atoms with Crippen LogP contribution in [0.3, 0.4) is 0 Å². The lowest BCUT2D eigenvalue weighted by molar-refractivity contribution is -0.102. The molecule has 1 fully saturated rings. The van der Waals surface area contributed by atoms with E-state index in [2.05, 4.69) is 0 Å². The second-order valence-electron chi connectivity index (χ2n) is 1.69. The predicted octanol–water partition coefficient (Wildman–Crippen LogP) is 2.13. The number of rotatable bonds is 0. The molecule has 1 saturated carbocycles. The van der Waals surface area contributed by atoms with E-state index in [-0.39, 0.29) is 6.42 Å². The van der Waals surface area contributed by atoms with Crippen LogP contribution in [0.2, 0.25) is 0 Å². The molecule has 1 atom stereocenters. The van der Waals surface area contributed by atoms with Crippen LogP contribution in [0.5, 0.6) is 0 Å². The minimum atomic E-state index is -4.13. The lowest BCUT2D eigenvalue weighted by atomic mass is 10.4. The van der Waals surface area contributed by atoms with Gasteiger partial charge in [-0.2, -0.15) is 13.2 Å². The highest BCUT2D eigenvalue weighted by Gasteiger charge is 2.55. The standard InChI is InChI=1S/C4H3ClF3/c5-3-1-2(3)4(6,7)8/h3H,1H2. The minimum Gasteiger partial charge on any atom is -0.170 e. The molecule has 0 nitrogen and oxygen atoms in total. The molecule has 0 aliphatic heterocycles. The van der Waals surface area contributed by atoms with Gasteiger partial charge >= 0.3 is 6.18 Å². The Morgan fingerprint density at radius 3 is 1.88 bits per heavy atom. The highest BCUT2D eigenvalue weighted by atomic mass is 35.5. The lowest BCUT2D eigenvalue weighted by Gasteiger charge is -1.99. The molecule has 0 heterocycles. The van der Waals surface area contributed by atoms with E-state index in [1.165, 1.54) is 0 Å². The number of hydrogen-bond donors (Lipinski definition) is 0. The molecule has 1 unspecified atom stereocenters. The topological polar surface area (TPSA) is 0 Å². The molecule has 0 bridgehead atoms. The minimum absolute atomic E-state index is 0.0189. The second kappa shape index (κ2) is 1.53. The molecule has 0 amide bonds. The van der Waals surface area contributed by atoms with E-state index < -0.39 is 17.5 Å². The molecule has 1 radical (unpaired) electrons. The van der Waals surface area contributed by atoms with Crippen LogP contribution in [-0.4, -0.2) is 11.6 Å². The van der Waals surface area contributed by atoms with Crippen molar-refractivity contribution < 1.29 is 13.2 Å². The van der Waals surface area contributed by atoms with E-state index >= 15 is 0 Å². The van der Waals surface area contributed by atoms with Crippen LogP contribution in [0.1, 0.15) is 6.42 Å². The molecule has 0 aromatic carbocycles. The van der Waals surface area contributed by atoms with Crippen molar-refractivity contribution in [1.82, 2.24) is 0 Å². The van der Waals surface area contributed by atoms with Gasteiger partial charge in [0.15, 0.2) is 0 Å². The first-order chi connectivity index (χ1) is 3.52. The zero-order valence-corrected chi connectivity index (χ0v) is 4.55. The van der Waals surface area contributed by atoms with Crippen LogP contribution in [0, 0.1) is 5.92 Å². The van der Waals surface area contributed by atoms with Crippen molar-refractivity contribution in [3.63, 3.8) is 0 Å². The Morgan fingerprint density at radius 2 is 1.88 bits per heavy atom. The third-order valence-corrected chi connectivity index (χ3v) is 1.40. The number of alkyl halides is 4. The monoisotopic (exact) mass is 143 g/mol. The van der Waals surface area contributed by atoms with Crippen LogP contribution in [-0.2, 0) is 0 Å². The van der Waals surface area contributed by atoms with Crippen molar-refractivity contribution in [2.24, 2.45) is 0 Å². The summed E-state index contributed by atoms with van der Waals surface area (Å²) in [5, 5.41) is -0.727. The first-order valence-electron chi connectivity index (χ1n) is 2.09. The molecule has 4 heteroatoms. The largest absolute Gasteiger partial charge is 0.396 e. The van der Waals surface area contributed by atoms with E-state index in [9.17, 15) is 13.2 Å². The fourth-order valence-electron chi connectivity index (χ4n) is 0.427. The number of hydrogen-bond acceptors (Lipinski definition) is 0. The second-order valence-corrected chi connectivity index (χ2v) is 2.22. The van der Waals surface area contributed by atoms with Crippen molar-refractivity contribution in [3.05, 3.63) is 5.92 Å². The average molecular weight is 144 g/mol. The van der Waals surface area contributed by atoms with Gasteiger partial charge < -0.3 is 0 Å². The van der Waals surface area contributed by atoms with Gasteiger partial charge in [0.2, 0.25) is 0 Å². The van der Waals surface area contributed by atoms with Crippen LogP contribution in [0.25, 0.3) is 0 Å². The Hall–Kier alpha value is 0.0800. The summed E-state index contributed by atoms with van der Waals surface area (Å²) in [7, 11) is 0. The first kappa shape index (κ1) is 6.20. The normalized spacial score (nSPS) is 30.8. The first-order valence-corrected chi connectivity index (χ1v) is 2.52. The summed E-state index contributed by atoms with van der Waals surface area (Å²) < 4.78 is 34.1. The maximum absolute atomic E-state index is 11.4. The third-order valence-electron chi connectivity index (χ3n) is 0.981. The summed E-state index contributed by atoms with van der Waals surface area (Å²) in [5.41, 5.74) is 0. The Kier molecular flexibility index (Phi) is 1.19. The van der Waals surface area contributed by atoms with Gasteiger partial charge in [0.25, 0.3) is 0 Å². The summed E-state index contributed by atoms with van der Waals surface area (Å²) >= 11 is 5.08. The molecular weight excluding hydrogens is 140 g/mol. The zero-order chi connectivity index (χ0) is 6.36. The van der Waals surface area contributed by atoms with E-state index in [1.807, 2.05) is 0 Å². The third kappa shape index (κ3) is 1.08. The Balaban J connectivity index is 2.39. The van der Waals surface area contributed by atoms with E-state index in [1.54, 1.807) is 0 Å². The lowest BCUT2D eigenvalue weighted by Crippen LogP contribution is -2.09. The highest BCUT2D eigenvalue weighted by Crippen LogP contribution is 2.50. The quantitative estimate of drug-likeness (QED) is 0.456. The van der Waals surface area contributed by atoms with Gasteiger partial charge in [-0.25, -0.2) is 0 Å². The van der Waals surface area contributed by atoms with Crippen LogP contribution in [0.15, 0.2) is 0 Å². The van der Waals surface area contributed by atoms with E-state index in [0.717, 1.165) is 0 Å². The predicted molar refractivity (Wildman–Crippen MR) is 23.6 cm³/mol. The number of halogens is 4. The van der Waals surface area contributed by atoms with Gasteiger partial charge in [-0.1, -0.05) is 0 Å². The molecule has 1 rings (SSSR count). The Morgan fingerprint density at radius 1 is 1.50 bits per heavy atom.